The molecular formula is C13H11ClN4O2. The van der Waals surface area contributed by atoms with Gasteiger partial charge >= 0.3 is 0 Å². The van der Waals surface area contributed by atoms with Crippen LogP contribution >= 0.6 is 11.6 Å². The van der Waals surface area contributed by atoms with Gasteiger partial charge in [-0.05, 0) is 30.3 Å². The molecule has 102 valence electrons. The van der Waals surface area contributed by atoms with E-state index in [1.54, 1.807) is 24.3 Å². The molecule has 1 aromatic carbocycles. The van der Waals surface area contributed by atoms with Gasteiger partial charge < -0.3 is 16.3 Å². The first-order valence-corrected chi connectivity index (χ1v) is 5.98. The van der Waals surface area contributed by atoms with E-state index in [1.165, 1.54) is 18.5 Å². The minimum Gasteiger partial charge on any atom is -0.409 e. The smallest absolute Gasteiger partial charge is 0.255 e. The van der Waals surface area contributed by atoms with Crippen molar-refractivity contribution in [3.8, 4) is 0 Å². The lowest BCUT2D eigenvalue weighted by Gasteiger charge is -2.09. The van der Waals surface area contributed by atoms with Gasteiger partial charge in [0.2, 0.25) is 0 Å². The van der Waals surface area contributed by atoms with E-state index in [-0.39, 0.29) is 11.7 Å². The van der Waals surface area contributed by atoms with Crippen molar-refractivity contribution >= 4 is 29.0 Å². The first kappa shape index (κ1) is 13.8. The van der Waals surface area contributed by atoms with E-state index in [4.69, 9.17) is 22.5 Å². The number of rotatable bonds is 3. The molecule has 6 nitrogen and oxygen atoms in total. The molecule has 0 aliphatic rings. The van der Waals surface area contributed by atoms with Crippen molar-refractivity contribution in [2.75, 3.05) is 5.32 Å². The van der Waals surface area contributed by atoms with Gasteiger partial charge in [0, 0.05) is 23.5 Å². The van der Waals surface area contributed by atoms with Crippen LogP contribution in [0.25, 0.3) is 0 Å². The summed E-state index contributed by atoms with van der Waals surface area (Å²) in [5, 5.41) is 14.5. The highest BCUT2D eigenvalue weighted by Gasteiger charge is 2.10. The number of pyridine rings is 1. The molecule has 20 heavy (non-hydrogen) atoms. The van der Waals surface area contributed by atoms with Gasteiger partial charge in [-0.25, -0.2) is 0 Å². The standard InChI is InChI=1S/C13H11ClN4O2/c14-10-2-1-9(12(15)18-20)7-11(10)17-13(19)8-3-5-16-6-4-8/h1-7,20H,(H2,15,18)(H,17,19). The molecule has 1 aromatic heterocycles. The second-order valence-electron chi connectivity index (χ2n) is 3.87. The summed E-state index contributed by atoms with van der Waals surface area (Å²) >= 11 is 6.01. The summed E-state index contributed by atoms with van der Waals surface area (Å²) in [4.78, 5) is 15.8. The molecule has 7 heteroatoms. The van der Waals surface area contributed by atoms with Crippen molar-refractivity contribution in [2.24, 2.45) is 10.9 Å². The predicted molar refractivity (Wildman–Crippen MR) is 76.2 cm³/mol. The summed E-state index contributed by atoms with van der Waals surface area (Å²) in [6, 6.07) is 7.82. The quantitative estimate of drug-likeness (QED) is 0.349. The highest BCUT2D eigenvalue weighted by Crippen LogP contribution is 2.23. The van der Waals surface area contributed by atoms with Crippen LogP contribution in [0, 0.1) is 0 Å². The summed E-state index contributed by atoms with van der Waals surface area (Å²) in [7, 11) is 0. The fourth-order valence-corrected chi connectivity index (χ4v) is 1.70. The number of hydrogen-bond acceptors (Lipinski definition) is 4. The van der Waals surface area contributed by atoms with Crippen LogP contribution < -0.4 is 11.1 Å². The van der Waals surface area contributed by atoms with Crippen molar-refractivity contribution in [1.29, 1.82) is 0 Å². The molecule has 0 spiro atoms. The molecule has 0 aliphatic carbocycles. The molecule has 4 N–H and O–H groups in total. The second-order valence-corrected chi connectivity index (χ2v) is 4.28. The molecule has 0 bridgehead atoms. The molecule has 0 radical (unpaired) electrons. The van der Waals surface area contributed by atoms with Crippen LogP contribution in [0.1, 0.15) is 15.9 Å². The minimum atomic E-state index is -0.328. The van der Waals surface area contributed by atoms with Gasteiger partial charge in [0.05, 0.1) is 10.7 Å². The Bertz CT molecular complexity index is 659. The molecule has 2 aromatic rings. The zero-order valence-electron chi connectivity index (χ0n) is 10.2. The van der Waals surface area contributed by atoms with Gasteiger partial charge in [-0.15, -0.1) is 0 Å². The van der Waals surface area contributed by atoms with Crippen LogP contribution in [0.15, 0.2) is 47.9 Å². The van der Waals surface area contributed by atoms with E-state index >= 15 is 0 Å². The summed E-state index contributed by atoms with van der Waals surface area (Å²) in [5.74, 6) is -0.396. The number of carbonyl (C=O) groups excluding carboxylic acids is 1. The van der Waals surface area contributed by atoms with Gasteiger partial charge in [0.1, 0.15) is 0 Å². The number of benzene rings is 1. The fraction of sp³-hybridized carbons (Fsp3) is 0. The lowest BCUT2D eigenvalue weighted by molar-refractivity contribution is 0.102. The number of hydrogen-bond donors (Lipinski definition) is 3. The number of anilines is 1. The van der Waals surface area contributed by atoms with Crippen LogP contribution in [0.3, 0.4) is 0 Å². The second kappa shape index (κ2) is 6.03. The molecule has 0 unspecified atom stereocenters. The normalized spacial score (nSPS) is 11.2. The number of oxime groups is 1. The molecule has 0 atom stereocenters. The van der Waals surface area contributed by atoms with E-state index < -0.39 is 0 Å². The highest BCUT2D eigenvalue weighted by molar-refractivity contribution is 6.34. The first-order valence-electron chi connectivity index (χ1n) is 5.60. The number of halogens is 1. The largest absolute Gasteiger partial charge is 0.409 e. The molecule has 0 saturated carbocycles. The Hall–Kier alpha value is -2.60. The number of amides is 1. The molecule has 2 rings (SSSR count). The Morgan fingerprint density at radius 2 is 1.95 bits per heavy atom. The third-order valence-corrected chi connectivity index (χ3v) is 2.89. The van der Waals surface area contributed by atoms with Crippen LogP contribution in [-0.2, 0) is 0 Å². The molecule has 0 saturated heterocycles. The van der Waals surface area contributed by atoms with Crippen LogP contribution in [0.5, 0.6) is 0 Å². The van der Waals surface area contributed by atoms with Crippen LogP contribution in [-0.4, -0.2) is 21.9 Å². The Morgan fingerprint density at radius 1 is 1.25 bits per heavy atom. The van der Waals surface area contributed by atoms with E-state index in [9.17, 15) is 4.79 Å². The average Bonchev–Trinajstić information content (AvgIpc) is 2.49. The van der Waals surface area contributed by atoms with E-state index in [0.29, 0.717) is 21.8 Å². The number of aromatic nitrogens is 1. The Kier molecular flexibility index (Phi) is 4.17. The number of nitrogens with one attached hydrogen (secondary N) is 1. The van der Waals surface area contributed by atoms with Crippen molar-refractivity contribution in [3.63, 3.8) is 0 Å². The lowest BCUT2D eigenvalue weighted by atomic mass is 10.1. The Labute approximate surface area is 119 Å². The Morgan fingerprint density at radius 3 is 2.60 bits per heavy atom. The lowest BCUT2D eigenvalue weighted by Crippen LogP contribution is -2.15. The van der Waals surface area contributed by atoms with Crippen molar-refractivity contribution in [3.05, 3.63) is 58.9 Å². The summed E-state index contributed by atoms with van der Waals surface area (Å²) in [6.45, 7) is 0. The van der Waals surface area contributed by atoms with Crippen molar-refractivity contribution < 1.29 is 10.0 Å². The van der Waals surface area contributed by atoms with Crippen LogP contribution in [0.2, 0.25) is 5.02 Å². The van der Waals surface area contributed by atoms with Crippen LogP contribution in [0.4, 0.5) is 5.69 Å². The zero-order valence-corrected chi connectivity index (χ0v) is 11.0. The highest BCUT2D eigenvalue weighted by atomic mass is 35.5. The maximum atomic E-state index is 12.0. The number of nitrogens with zero attached hydrogens (tertiary/aromatic N) is 2. The maximum absolute atomic E-state index is 12.0. The molecule has 0 fully saturated rings. The molecular weight excluding hydrogens is 280 g/mol. The number of nitrogens with two attached hydrogens (primary N) is 1. The SMILES string of the molecule is N/C(=N/O)c1ccc(Cl)c(NC(=O)c2ccncc2)c1. The fourth-order valence-electron chi connectivity index (χ4n) is 1.54. The predicted octanol–water partition coefficient (Wildman–Crippen LogP) is 2.08. The van der Waals surface area contributed by atoms with Gasteiger partial charge in [0.15, 0.2) is 5.84 Å². The van der Waals surface area contributed by atoms with E-state index in [1.807, 2.05) is 0 Å². The number of amidine groups is 1. The Balaban J connectivity index is 2.27. The number of carbonyl (C=O) groups is 1. The van der Waals surface area contributed by atoms with Gasteiger partial charge in [0.25, 0.3) is 5.91 Å². The molecule has 1 heterocycles. The van der Waals surface area contributed by atoms with E-state index in [2.05, 4.69) is 15.5 Å². The minimum absolute atomic E-state index is 0.0684. The molecule has 0 aliphatic heterocycles. The van der Waals surface area contributed by atoms with E-state index in [0.717, 1.165) is 0 Å². The topological polar surface area (TPSA) is 101 Å². The van der Waals surface area contributed by atoms with Crippen molar-refractivity contribution in [1.82, 2.24) is 4.98 Å². The average molecular weight is 291 g/mol. The monoisotopic (exact) mass is 290 g/mol. The molecule has 1 amide bonds. The summed E-state index contributed by atoms with van der Waals surface area (Å²) < 4.78 is 0. The maximum Gasteiger partial charge on any atom is 0.255 e. The first-order chi connectivity index (χ1) is 9.61. The third-order valence-electron chi connectivity index (χ3n) is 2.56. The van der Waals surface area contributed by atoms with Gasteiger partial charge in [-0.3, -0.25) is 9.78 Å². The third kappa shape index (κ3) is 3.04. The summed E-state index contributed by atoms with van der Waals surface area (Å²) in [5.41, 5.74) is 6.76. The zero-order chi connectivity index (χ0) is 14.5. The van der Waals surface area contributed by atoms with Crippen molar-refractivity contribution in [2.45, 2.75) is 0 Å². The van der Waals surface area contributed by atoms with Gasteiger partial charge in [-0.2, -0.15) is 0 Å². The summed E-state index contributed by atoms with van der Waals surface area (Å²) in [6.07, 6.45) is 3.03. The van der Waals surface area contributed by atoms with Gasteiger partial charge in [-0.1, -0.05) is 16.8 Å².